The van der Waals surface area contributed by atoms with Gasteiger partial charge in [-0.05, 0) is 6.42 Å². The Bertz CT molecular complexity index is 606. The molecule has 3 rings (SSSR count). The number of morpholine rings is 1. The molecule has 21 heavy (non-hydrogen) atoms. The molecule has 2 aromatic rings. The number of nitrogen functional groups attached to an aromatic ring is 1. The van der Waals surface area contributed by atoms with Crippen molar-refractivity contribution in [3.05, 3.63) is 18.2 Å². The van der Waals surface area contributed by atoms with Gasteiger partial charge < -0.3 is 15.4 Å². The van der Waals surface area contributed by atoms with Crippen LogP contribution in [0.5, 0.6) is 0 Å². The Morgan fingerprint density at radius 3 is 2.71 bits per heavy atom. The molecule has 3 heterocycles. The maximum absolute atomic E-state index is 5.84. The predicted molar refractivity (Wildman–Crippen MR) is 78.4 cm³/mol. The normalized spacial score (nSPS) is 15.4. The monoisotopic (exact) mass is 289 g/mol. The van der Waals surface area contributed by atoms with Gasteiger partial charge in [-0.3, -0.25) is 4.57 Å². The van der Waals surface area contributed by atoms with Crippen molar-refractivity contribution in [2.24, 2.45) is 0 Å². The Balaban J connectivity index is 1.95. The molecule has 1 aliphatic heterocycles. The Morgan fingerprint density at radius 1 is 1.19 bits per heavy atom. The lowest BCUT2D eigenvalue weighted by molar-refractivity contribution is 0.122. The summed E-state index contributed by atoms with van der Waals surface area (Å²) in [6.45, 7) is 4.98. The zero-order valence-corrected chi connectivity index (χ0v) is 12.1. The molecule has 0 saturated carbocycles. The van der Waals surface area contributed by atoms with Gasteiger partial charge in [0, 0.05) is 31.9 Å². The molecule has 8 heteroatoms. The zero-order chi connectivity index (χ0) is 14.7. The minimum atomic E-state index is 0.220. The van der Waals surface area contributed by atoms with E-state index in [0.717, 1.165) is 31.8 Å². The number of aryl methyl sites for hydroxylation is 1. The van der Waals surface area contributed by atoms with Crippen LogP contribution in [0, 0.1) is 0 Å². The smallest absolute Gasteiger partial charge is 0.241 e. The molecular formula is C13H19N7O. The first-order valence-electron chi connectivity index (χ1n) is 7.14. The average molecular weight is 289 g/mol. The minimum Gasteiger partial charge on any atom is -0.378 e. The number of ether oxygens (including phenoxy) is 1. The molecule has 2 N–H and O–H groups in total. The van der Waals surface area contributed by atoms with E-state index < -0.39 is 0 Å². The molecule has 0 unspecified atom stereocenters. The summed E-state index contributed by atoms with van der Waals surface area (Å²) in [5.74, 6) is 2.26. The van der Waals surface area contributed by atoms with Gasteiger partial charge in [-0.2, -0.15) is 15.0 Å². The number of nitrogens with zero attached hydrogens (tertiary/aromatic N) is 6. The fraction of sp³-hybridized carbons (Fsp3) is 0.538. The zero-order valence-electron chi connectivity index (χ0n) is 12.1. The second-order valence-corrected chi connectivity index (χ2v) is 4.86. The molecule has 0 spiro atoms. The van der Waals surface area contributed by atoms with Crippen LogP contribution < -0.4 is 10.6 Å². The van der Waals surface area contributed by atoms with Gasteiger partial charge in [-0.25, -0.2) is 4.98 Å². The highest BCUT2D eigenvalue weighted by molar-refractivity contribution is 5.38. The van der Waals surface area contributed by atoms with Crippen molar-refractivity contribution in [2.45, 2.75) is 19.8 Å². The third-order valence-electron chi connectivity index (χ3n) is 3.33. The third-order valence-corrected chi connectivity index (χ3v) is 3.33. The van der Waals surface area contributed by atoms with Crippen molar-refractivity contribution < 1.29 is 4.74 Å². The van der Waals surface area contributed by atoms with Crippen LogP contribution in [0.4, 0.5) is 11.9 Å². The second-order valence-electron chi connectivity index (χ2n) is 4.86. The van der Waals surface area contributed by atoms with Crippen LogP contribution in [0.2, 0.25) is 0 Å². The fourth-order valence-corrected chi connectivity index (χ4v) is 2.31. The molecule has 0 amide bonds. The molecular weight excluding hydrogens is 270 g/mol. The predicted octanol–water partition coefficient (Wildman–Crippen LogP) is 0.429. The number of hydrogen-bond donors (Lipinski definition) is 1. The summed E-state index contributed by atoms with van der Waals surface area (Å²) in [7, 11) is 0. The number of hydrogen-bond acceptors (Lipinski definition) is 7. The van der Waals surface area contributed by atoms with E-state index in [4.69, 9.17) is 10.5 Å². The molecule has 112 valence electrons. The summed E-state index contributed by atoms with van der Waals surface area (Å²) < 4.78 is 7.21. The van der Waals surface area contributed by atoms with E-state index in [1.165, 1.54) is 0 Å². The lowest BCUT2D eigenvalue weighted by Gasteiger charge is -2.26. The maximum atomic E-state index is 5.84. The highest BCUT2D eigenvalue weighted by Gasteiger charge is 2.17. The van der Waals surface area contributed by atoms with E-state index in [0.29, 0.717) is 25.1 Å². The number of rotatable bonds is 4. The van der Waals surface area contributed by atoms with Gasteiger partial charge >= 0.3 is 0 Å². The first-order valence-corrected chi connectivity index (χ1v) is 7.14. The number of imidazole rings is 1. The van der Waals surface area contributed by atoms with E-state index in [1.54, 1.807) is 6.20 Å². The van der Waals surface area contributed by atoms with Gasteiger partial charge in [0.2, 0.25) is 17.8 Å². The highest BCUT2D eigenvalue weighted by atomic mass is 16.5. The largest absolute Gasteiger partial charge is 0.378 e. The summed E-state index contributed by atoms with van der Waals surface area (Å²) in [4.78, 5) is 19.4. The molecule has 2 aromatic heterocycles. The van der Waals surface area contributed by atoms with Gasteiger partial charge in [0.05, 0.1) is 13.2 Å². The van der Waals surface area contributed by atoms with Crippen LogP contribution >= 0.6 is 0 Å². The highest BCUT2D eigenvalue weighted by Crippen LogP contribution is 2.15. The van der Waals surface area contributed by atoms with Crippen LogP contribution in [0.15, 0.2) is 12.4 Å². The van der Waals surface area contributed by atoms with Crippen LogP contribution in [-0.4, -0.2) is 50.8 Å². The van der Waals surface area contributed by atoms with E-state index in [2.05, 4.69) is 31.8 Å². The van der Waals surface area contributed by atoms with Gasteiger partial charge in [-0.1, -0.05) is 6.92 Å². The summed E-state index contributed by atoms with van der Waals surface area (Å²) >= 11 is 0. The van der Waals surface area contributed by atoms with Crippen molar-refractivity contribution in [2.75, 3.05) is 36.9 Å². The quantitative estimate of drug-likeness (QED) is 0.872. The molecule has 1 fully saturated rings. The Morgan fingerprint density at radius 2 is 1.95 bits per heavy atom. The summed E-state index contributed by atoms with van der Waals surface area (Å²) in [5.41, 5.74) is 5.84. The standard InChI is InChI=1S/C13H19N7O/c1-2-3-10-15-4-5-20(10)13-17-11(14)16-12(18-13)19-6-8-21-9-7-19/h4-5H,2-3,6-9H2,1H3,(H2,14,16,17,18). The number of anilines is 2. The topological polar surface area (TPSA) is 95.0 Å². The third kappa shape index (κ3) is 2.94. The van der Waals surface area contributed by atoms with Gasteiger partial charge in [0.15, 0.2) is 0 Å². The molecule has 0 aliphatic carbocycles. The summed E-state index contributed by atoms with van der Waals surface area (Å²) in [6.07, 6.45) is 5.47. The lowest BCUT2D eigenvalue weighted by atomic mass is 10.3. The minimum absolute atomic E-state index is 0.220. The lowest BCUT2D eigenvalue weighted by Crippen LogP contribution is -2.37. The molecule has 0 bridgehead atoms. The van der Waals surface area contributed by atoms with Crippen molar-refractivity contribution in [3.63, 3.8) is 0 Å². The van der Waals surface area contributed by atoms with Crippen molar-refractivity contribution in [1.82, 2.24) is 24.5 Å². The van der Waals surface area contributed by atoms with Crippen LogP contribution in [-0.2, 0) is 11.2 Å². The maximum Gasteiger partial charge on any atom is 0.241 e. The summed E-state index contributed by atoms with van der Waals surface area (Å²) in [6, 6.07) is 0. The van der Waals surface area contributed by atoms with E-state index in [1.807, 2.05) is 10.8 Å². The molecule has 0 atom stereocenters. The first kappa shape index (κ1) is 13.7. The second kappa shape index (κ2) is 6.04. The number of nitrogens with two attached hydrogens (primary N) is 1. The van der Waals surface area contributed by atoms with E-state index in [9.17, 15) is 0 Å². The van der Waals surface area contributed by atoms with Crippen LogP contribution in [0.3, 0.4) is 0 Å². The van der Waals surface area contributed by atoms with Crippen molar-refractivity contribution >= 4 is 11.9 Å². The van der Waals surface area contributed by atoms with Gasteiger partial charge in [-0.15, -0.1) is 0 Å². The van der Waals surface area contributed by atoms with Crippen LogP contribution in [0.1, 0.15) is 19.2 Å². The SMILES string of the molecule is CCCc1nccn1-c1nc(N)nc(N2CCOCC2)n1. The molecule has 1 aliphatic rings. The van der Waals surface area contributed by atoms with Crippen molar-refractivity contribution in [3.8, 4) is 5.95 Å². The number of aromatic nitrogens is 5. The Labute approximate surface area is 123 Å². The molecule has 0 radical (unpaired) electrons. The molecule has 1 saturated heterocycles. The van der Waals surface area contributed by atoms with Gasteiger partial charge in [0.1, 0.15) is 5.82 Å². The van der Waals surface area contributed by atoms with E-state index >= 15 is 0 Å². The first-order chi connectivity index (χ1) is 10.3. The molecule has 8 nitrogen and oxygen atoms in total. The fourth-order valence-electron chi connectivity index (χ4n) is 2.31. The average Bonchev–Trinajstić information content (AvgIpc) is 2.96. The Hall–Kier alpha value is -2.22. The van der Waals surface area contributed by atoms with Gasteiger partial charge in [0.25, 0.3) is 0 Å². The summed E-state index contributed by atoms with van der Waals surface area (Å²) in [5, 5.41) is 0. The van der Waals surface area contributed by atoms with E-state index in [-0.39, 0.29) is 5.95 Å². The van der Waals surface area contributed by atoms with Crippen LogP contribution in [0.25, 0.3) is 5.95 Å². The Kier molecular flexibility index (Phi) is 3.96. The van der Waals surface area contributed by atoms with Crippen molar-refractivity contribution in [1.29, 1.82) is 0 Å². The molecule has 0 aromatic carbocycles.